The van der Waals surface area contributed by atoms with E-state index >= 15 is 0 Å². The minimum Gasteiger partial charge on any atom is -0.497 e. The van der Waals surface area contributed by atoms with Crippen LogP contribution < -0.4 is 4.74 Å². The van der Waals surface area contributed by atoms with Gasteiger partial charge in [0.15, 0.2) is 12.0 Å². The van der Waals surface area contributed by atoms with Gasteiger partial charge in [-0.25, -0.2) is 4.79 Å². The van der Waals surface area contributed by atoms with Crippen molar-refractivity contribution < 1.29 is 23.8 Å². The van der Waals surface area contributed by atoms with Crippen molar-refractivity contribution in [3.8, 4) is 5.75 Å². The molecule has 82 valence electrons. The Labute approximate surface area is 90.2 Å². The first-order valence-electron chi connectivity index (χ1n) is 4.45. The van der Waals surface area contributed by atoms with E-state index in [-0.39, 0.29) is 16.9 Å². The van der Waals surface area contributed by atoms with Gasteiger partial charge in [-0.1, -0.05) is 0 Å². The molecule has 16 heavy (non-hydrogen) atoms. The molecule has 2 aromatic rings. The highest BCUT2D eigenvalue weighted by atomic mass is 16.5. The molecule has 0 saturated carbocycles. The first kappa shape index (κ1) is 10.2. The van der Waals surface area contributed by atoms with Crippen molar-refractivity contribution in [3.63, 3.8) is 0 Å². The zero-order chi connectivity index (χ0) is 11.7. The average Bonchev–Trinajstić information content (AvgIpc) is 2.69. The molecule has 5 heteroatoms. The molecule has 1 aromatic carbocycles. The van der Waals surface area contributed by atoms with Crippen molar-refractivity contribution >= 4 is 23.2 Å². The fraction of sp³-hybridized carbons (Fsp3) is 0.0909. The third-order valence-corrected chi connectivity index (χ3v) is 2.19. The summed E-state index contributed by atoms with van der Waals surface area (Å²) in [7, 11) is 1.44. The lowest BCUT2D eigenvalue weighted by Gasteiger charge is -2.01. The molecule has 1 N–H and O–H groups in total. The van der Waals surface area contributed by atoms with Crippen molar-refractivity contribution in [2.45, 2.75) is 0 Å². The maximum absolute atomic E-state index is 11.0. The van der Waals surface area contributed by atoms with E-state index in [0.29, 0.717) is 17.4 Å². The monoisotopic (exact) mass is 220 g/mol. The molecular formula is C11H8O5. The normalized spacial score (nSPS) is 10.3. The van der Waals surface area contributed by atoms with Gasteiger partial charge in [0.1, 0.15) is 16.9 Å². The third kappa shape index (κ3) is 1.52. The van der Waals surface area contributed by atoms with Gasteiger partial charge in [0, 0.05) is 5.39 Å². The number of carbonyl (C=O) groups is 2. The van der Waals surface area contributed by atoms with Gasteiger partial charge in [-0.15, -0.1) is 0 Å². The molecule has 0 bridgehead atoms. The number of benzene rings is 1. The topological polar surface area (TPSA) is 76.7 Å². The first-order chi connectivity index (χ1) is 7.65. The molecule has 0 spiro atoms. The Morgan fingerprint density at radius 3 is 2.75 bits per heavy atom. The molecule has 5 nitrogen and oxygen atoms in total. The summed E-state index contributed by atoms with van der Waals surface area (Å²) in [6, 6.07) is 4.43. The summed E-state index contributed by atoms with van der Waals surface area (Å²) in [6.07, 6.45) is 0.526. The molecule has 0 aliphatic heterocycles. The van der Waals surface area contributed by atoms with E-state index < -0.39 is 5.97 Å². The van der Waals surface area contributed by atoms with Crippen LogP contribution in [0.25, 0.3) is 11.0 Å². The number of carboxylic acids is 1. The number of hydrogen-bond donors (Lipinski definition) is 1. The molecule has 0 aliphatic rings. The van der Waals surface area contributed by atoms with Crippen molar-refractivity contribution in [3.05, 3.63) is 29.5 Å². The van der Waals surface area contributed by atoms with Crippen LogP contribution in [0.1, 0.15) is 20.9 Å². The Morgan fingerprint density at radius 2 is 2.19 bits per heavy atom. The lowest BCUT2D eigenvalue weighted by molar-refractivity contribution is 0.0697. The van der Waals surface area contributed by atoms with E-state index in [9.17, 15) is 9.59 Å². The molecule has 1 aromatic heterocycles. The second kappa shape index (κ2) is 3.69. The van der Waals surface area contributed by atoms with E-state index in [1.54, 1.807) is 6.07 Å². The summed E-state index contributed by atoms with van der Waals surface area (Å²) < 4.78 is 10.1. The number of furan rings is 1. The molecule has 0 fully saturated rings. The quantitative estimate of drug-likeness (QED) is 0.800. The second-order valence-electron chi connectivity index (χ2n) is 3.17. The van der Waals surface area contributed by atoms with Crippen LogP contribution in [-0.2, 0) is 0 Å². The van der Waals surface area contributed by atoms with E-state index in [0.717, 1.165) is 0 Å². The van der Waals surface area contributed by atoms with E-state index in [4.69, 9.17) is 14.3 Å². The third-order valence-electron chi connectivity index (χ3n) is 2.19. The number of methoxy groups -OCH3 is 1. The van der Waals surface area contributed by atoms with Crippen LogP contribution in [0.5, 0.6) is 5.75 Å². The molecule has 0 saturated heterocycles. The summed E-state index contributed by atoms with van der Waals surface area (Å²) in [5.41, 5.74) is 0.151. The highest BCUT2D eigenvalue weighted by Gasteiger charge is 2.15. The fourth-order valence-corrected chi connectivity index (χ4v) is 1.48. The Bertz CT molecular complexity index is 567. The lowest BCUT2D eigenvalue weighted by Crippen LogP contribution is -1.97. The number of fused-ring (bicyclic) bond motifs is 1. The predicted molar refractivity (Wildman–Crippen MR) is 55.1 cm³/mol. The van der Waals surface area contributed by atoms with Crippen molar-refractivity contribution in [2.24, 2.45) is 0 Å². The number of hydrogen-bond acceptors (Lipinski definition) is 4. The summed E-state index contributed by atoms with van der Waals surface area (Å²) in [4.78, 5) is 21.5. The highest BCUT2D eigenvalue weighted by molar-refractivity contribution is 6.03. The van der Waals surface area contributed by atoms with E-state index in [1.165, 1.54) is 19.2 Å². The Kier molecular flexibility index (Phi) is 2.36. The van der Waals surface area contributed by atoms with Crippen molar-refractivity contribution in [2.75, 3.05) is 7.11 Å². The van der Waals surface area contributed by atoms with Crippen LogP contribution in [0.4, 0.5) is 0 Å². The molecule has 1 heterocycles. The van der Waals surface area contributed by atoms with Gasteiger partial charge in [-0.2, -0.15) is 0 Å². The number of rotatable bonds is 3. The van der Waals surface area contributed by atoms with Crippen molar-refractivity contribution in [1.82, 2.24) is 0 Å². The van der Waals surface area contributed by atoms with Gasteiger partial charge < -0.3 is 14.3 Å². The van der Waals surface area contributed by atoms with Gasteiger partial charge in [-0.05, 0) is 18.2 Å². The maximum Gasteiger partial charge on any atom is 0.339 e. The number of carboxylic acid groups (broad SMARTS) is 1. The van der Waals surface area contributed by atoms with E-state index in [2.05, 4.69) is 0 Å². The minimum atomic E-state index is -1.13. The maximum atomic E-state index is 11.0. The fourth-order valence-electron chi connectivity index (χ4n) is 1.48. The smallest absolute Gasteiger partial charge is 0.339 e. The number of aromatic carboxylic acids is 1. The molecule has 0 aliphatic carbocycles. The van der Waals surface area contributed by atoms with Gasteiger partial charge >= 0.3 is 5.97 Å². The van der Waals surface area contributed by atoms with Gasteiger partial charge in [-0.3, -0.25) is 4.79 Å². The SMILES string of the molecule is COc1cc(C(=O)O)c2oc(C=O)cc2c1. The highest BCUT2D eigenvalue weighted by Crippen LogP contribution is 2.27. The zero-order valence-corrected chi connectivity index (χ0v) is 8.39. The van der Waals surface area contributed by atoms with Gasteiger partial charge in [0.2, 0.25) is 0 Å². The average molecular weight is 220 g/mol. The van der Waals surface area contributed by atoms with Crippen molar-refractivity contribution in [1.29, 1.82) is 0 Å². The molecular weight excluding hydrogens is 212 g/mol. The predicted octanol–water partition coefficient (Wildman–Crippen LogP) is 1.95. The van der Waals surface area contributed by atoms with Crippen LogP contribution in [-0.4, -0.2) is 24.5 Å². The summed E-state index contributed by atoms with van der Waals surface area (Å²) in [5.74, 6) is -0.635. The van der Waals surface area contributed by atoms with Crippen LogP contribution in [0, 0.1) is 0 Å². The molecule has 0 radical (unpaired) electrons. The van der Waals surface area contributed by atoms with Gasteiger partial charge in [0.05, 0.1) is 7.11 Å². The van der Waals surface area contributed by atoms with E-state index in [1.807, 2.05) is 0 Å². The first-order valence-corrected chi connectivity index (χ1v) is 4.45. The lowest BCUT2D eigenvalue weighted by atomic mass is 10.1. The summed E-state index contributed by atoms with van der Waals surface area (Å²) in [5, 5.41) is 9.51. The standard InChI is InChI=1S/C11H8O5/c1-15-7-2-6-3-8(5-12)16-10(6)9(4-7)11(13)14/h2-5H,1H3,(H,13,14). The molecule has 0 atom stereocenters. The van der Waals surface area contributed by atoms with Crippen LogP contribution in [0.15, 0.2) is 22.6 Å². The second-order valence-corrected chi connectivity index (χ2v) is 3.17. The van der Waals surface area contributed by atoms with Crippen LogP contribution in [0.2, 0.25) is 0 Å². The minimum absolute atomic E-state index is 0.0255. The number of carbonyl (C=O) groups excluding carboxylic acids is 1. The summed E-state index contributed by atoms with van der Waals surface area (Å²) >= 11 is 0. The Hall–Kier alpha value is -2.30. The van der Waals surface area contributed by atoms with Crippen LogP contribution in [0.3, 0.4) is 0 Å². The Morgan fingerprint density at radius 1 is 1.44 bits per heavy atom. The summed E-state index contributed by atoms with van der Waals surface area (Å²) in [6.45, 7) is 0. The molecule has 2 rings (SSSR count). The van der Waals surface area contributed by atoms with Crippen LogP contribution >= 0.6 is 0 Å². The zero-order valence-electron chi connectivity index (χ0n) is 8.39. The largest absolute Gasteiger partial charge is 0.497 e. The molecule has 0 amide bonds. The number of aldehydes is 1. The Balaban J connectivity index is 2.78. The number of ether oxygens (including phenoxy) is 1. The molecule has 0 unspecified atom stereocenters. The van der Waals surface area contributed by atoms with Gasteiger partial charge in [0.25, 0.3) is 0 Å².